The minimum absolute atomic E-state index is 0.141. The minimum atomic E-state index is 0.141. The zero-order valence-electron chi connectivity index (χ0n) is 12.1. The molecule has 3 rings (SSSR count). The minimum Gasteiger partial charge on any atom is -0.495 e. The van der Waals surface area contributed by atoms with Crippen molar-refractivity contribution in [1.29, 1.82) is 0 Å². The second-order valence-electron chi connectivity index (χ2n) is 5.20. The van der Waals surface area contributed by atoms with Crippen LogP contribution in [0, 0.1) is 0 Å². The van der Waals surface area contributed by atoms with Gasteiger partial charge in [-0.1, -0.05) is 18.5 Å². The van der Waals surface area contributed by atoms with E-state index in [9.17, 15) is 4.79 Å². The molecule has 1 aromatic carbocycles. The summed E-state index contributed by atoms with van der Waals surface area (Å²) in [6.07, 6.45) is 2.25. The van der Waals surface area contributed by atoms with Gasteiger partial charge in [0.05, 0.1) is 17.6 Å². The molecule has 1 aliphatic heterocycles. The maximum Gasteiger partial charge on any atom is 0.228 e. The van der Waals surface area contributed by atoms with E-state index in [1.54, 1.807) is 18.1 Å². The number of rotatable bonds is 3. The highest BCUT2D eigenvalue weighted by Crippen LogP contribution is 2.34. The highest BCUT2D eigenvalue weighted by Gasteiger charge is 2.26. The molecule has 0 aliphatic carbocycles. The number of amides is 1. The van der Waals surface area contributed by atoms with Crippen LogP contribution in [0.25, 0.3) is 10.9 Å². The molecule has 0 fully saturated rings. The summed E-state index contributed by atoms with van der Waals surface area (Å²) in [5.74, 6) is 1.56. The average Bonchev–Trinajstić information content (AvgIpc) is 2.87. The van der Waals surface area contributed by atoms with Crippen molar-refractivity contribution in [2.45, 2.75) is 26.2 Å². The zero-order valence-corrected chi connectivity index (χ0v) is 12.9. The van der Waals surface area contributed by atoms with Crippen LogP contribution in [-0.2, 0) is 11.2 Å². The van der Waals surface area contributed by atoms with Crippen LogP contribution >= 0.6 is 11.6 Å². The van der Waals surface area contributed by atoms with E-state index >= 15 is 0 Å². The van der Waals surface area contributed by atoms with Crippen LogP contribution in [-0.4, -0.2) is 24.5 Å². The predicted molar refractivity (Wildman–Crippen MR) is 84.3 cm³/mol. The summed E-state index contributed by atoms with van der Waals surface area (Å²) >= 11 is 6.16. The van der Waals surface area contributed by atoms with Gasteiger partial charge in [-0.15, -0.1) is 0 Å². The van der Waals surface area contributed by atoms with Gasteiger partial charge in [0, 0.05) is 18.4 Å². The predicted octanol–water partition coefficient (Wildman–Crippen LogP) is 3.59. The number of hydrogen-bond acceptors (Lipinski definition) is 3. The van der Waals surface area contributed by atoms with E-state index in [4.69, 9.17) is 16.3 Å². The molecule has 0 saturated carbocycles. The Labute approximate surface area is 128 Å². The lowest BCUT2D eigenvalue weighted by molar-refractivity contribution is -0.118. The number of methoxy groups -OCH3 is 1. The van der Waals surface area contributed by atoms with Crippen molar-refractivity contribution in [1.82, 2.24) is 4.98 Å². The van der Waals surface area contributed by atoms with Crippen LogP contribution in [0.2, 0.25) is 5.02 Å². The van der Waals surface area contributed by atoms with E-state index in [0.29, 0.717) is 23.7 Å². The largest absolute Gasteiger partial charge is 0.495 e. The van der Waals surface area contributed by atoms with E-state index in [-0.39, 0.29) is 5.91 Å². The third kappa shape index (κ3) is 2.44. The fourth-order valence-corrected chi connectivity index (χ4v) is 2.95. The lowest BCUT2D eigenvalue weighted by Crippen LogP contribution is -2.29. The number of anilines is 1. The molecule has 21 heavy (non-hydrogen) atoms. The SMILES string of the molecule is CCCC(=O)N1CCc2cc3cc(OC)c(Cl)cc3nc21. The number of hydrogen-bond donors (Lipinski definition) is 0. The second kappa shape index (κ2) is 5.53. The van der Waals surface area contributed by atoms with Gasteiger partial charge >= 0.3 is 0 Å². The molecule has 1 aromatic heterocycles. The Morgan fingerprint density at radius 2 is 2.24 bits per heavy atom. The van der Waals surface area contributed by atoms with Crippen LogP contribution < -0.4 is 9.64 Å². The molecule has 2 aromatic rings. The van der Waals surface area contributed by atoms with E-state index in [1.807, 2.05) is 13.0 Å². The van der Waals surface area contributed by atoms with Crippen molar-refractivity contribution < 1.29 is 9.53 Å². The third-order valence-electron chi connectivity index (χ3n) is 3.77. The van der Waals surface area contributed by atoms with E-state index in [1.165, 1.54) is 0 Å². The van der Waals surface area contributed by atoms with Crippen LogP contribution in [0.1, 0.15) is 25.3 Å². The molecule has 0 bridgehead atoms. The Morgan fingerprint density at radius 3 is 2.95 bits per heavy atom. The number of halogens is 1. The van der Waals surface area contributed by atoms with Gasteiger partial charge in [-0.2, -0.15) is 0 Å². The molecular weight excluding hydrogens is 288 g/mol. The van der Waals surface area contributed by atoms with Gasteiger partial charge < -0.3 is 4.74 Å². The summed E-state index contributed by atoms with van der Waals surface area (Å²) in [7, 11) is 1.60. The monoisotopic (exact) mass is 304 g/mol. The molecule has 0 radical (unpaired) electrons. The van der Waals surface area contributed by atoms with E-state index in [2.05, 4.69) is 11.1 Å². The fourth-order valence-electron chi connectivity index (χ4n) is 2.71. The van der Waals surface area contributed by atoms with Gasteiger partial charge in [-0.3, -0.25) is 9.69 Å². The molecule has 4 nitrogen and oxygen atoms in total. The van der Waals surface area contributed by atoms with E-state index < -0.39 is 0 Å². The Kier molecular flexibility index (Phi) is 3.72. The third-order valence-corrected chi connectivity index (χ3v) is 4.07. The molecule has 5 heteroatoms. The van der Waals surface area contributed by atoms with Crippen LogP contribution in [0.5, 0.6) is 5.75 Å². The second-order valence-corrected chi connectivity index (χ2v) is 5.60. The van der Waals surface area contributed by atoms with Crippen molar-refractivity contribution in [3.8, 4) is 5.75 Å². The molecule has 0 unspecified atom stereocenters. The first kappa shape index (κ1) is 14.1. The molecule has 1 amide bonds. The molecule has 2 heterocycles. The smallest absolute Gasteiger partial charge is 0.228 e. The fraction of sp³-hybridized carbons (Fsp3) is 0.375. The highest BCUT2D eigenvalue weighted by molar-refractivity contribution is 6.32. The summed E-state index contributed by atoms with van der Waals surface area (Å²) in [5.41, 5.74) is 1.90. The number of fused-ring (bicyclic) bond motifs is 2. The van der Waals surface area contributed by atoms with Crippen LogP contribution in [0.15, 0.2) is 18.2 Å². The molecule has 1 aliphatic rings. The van der Waals surface area contributed by atoms with Crippen molar-refractivity contribution in [2.75, 3.05) is 18.6 Å². The molecule has 0 N–H and O–H groups in total. The lowest BCUT2D eigenvalue weighted by Gasteiger charge is -2.16. The maximum absolute atomic E-state index is 12.2. The first-order valence-corrected chi connectivity index (χ1v) is 7.49. The van der Waals surface area contributed by atoms with Gasteiger partial charge in [-0.25, -0.2) is 4.98 Å². The molecule has 0 spiro atoms. The lowest BCUT2D eigenvalue weighted by atomic mass is 10.1. The maximum atomic E-state index is 12.2. The Morgan fingerprint density at radius 1 is 1.43 bits per heavy atom. The van der Waals surface area contributed by atoms with Gasteiger partial charge in [-0.05, 0) is 36.6 Å². The van der Waals surface area contributed by atoms with Gasteiger partial charge in [0.25, 0.3) is 0 Å². The number of ether oxygens (including phenoxy) is 1. The first-order chi connectivity index (χ1) is 10.1. The van der Waals surface area contributed by atoms with Gasteiger partial charge in [0.15, 0.2) is 0 Å². The molecule has 0 atom stereocenters. The Hall–Kier alpha value is -1.81. The van der Waals surface area contributed by atoms with Gasteiger partial charge in [0.1, 0.15) is 11.6 Å². The number of aromatic nitrogens is 1. The summed E-state index contributed by atoms with van der Waals surface area (Å²) in [5, 5.41) is 1.52. The summed E-state index contributed by atoms with van der Waals surface area (Å²) in [4.78, 5) is 18.6. The topological polar surface area (TPSA) is 42.4 Å². The number of carbonyl (C=O) groups excluding carboxylic acids is 1. The van der Waals surface area contributed by atoms with Crippen LogP contribution in [0.4, 0.5) is 5.82 Å². The van der Waals surface area contributed by atoms with Crippen molar-refractivity contribution >= 4 is 34.2 Å². The molecule has 0 saturated heterocycles. The summed E-state index contributed by atoms with van der Waals surface area (Å²) in [6.45, 7) is 2.72. The molecular formula is C16H17ClN2O2. The summed E-state index contributed by atoms with van der Waals surface area (Å²) < 4.78 is 5.24. The van der Waals surface area contributed by atoms with Crippen molar-refractivity contribution in [3.05, 3.63) is 28.8 Å². The van der Waals surface area contributed by atoms with E-state index in [0.717, 1.165) is 35.1 Å². The number of nitrogens with zero attached hydrogens (tertiary/aromatic N) is 2. The summed E-state index contributed by atoms with van der Waals surface area (Å²) in [6, 6.07) is 5.76. The number of carbonyl (C=O) groups is 1. The average molecular weight is 305 g/mol. The van der Waals surface area contributed by atoms with Crippen molar-refractivity contribution in [2.24, 2.45) is 0 Å². The molecule has 110 valence electrons. The van der Waals surface area contributed by atoms with Crippen LogP contribution in [0.3, 0.4) is 0 Å². The van der Waals surface area contributed by atoms with Crippen molar-refractivity contribution in [3.63, 3.8) is 0 Å². The number of benzene rings is 1. The zero-order chi connectivity index (χ0) is 15.0. The van der Waals surface area contributed by atoms with Gasteiger partial charge in [0.2, 0.25) is 5.91 Å². The number of pyridine rings is 1. The normalized spacial score (nSPS) is 13.6. The standard InChI is InChI=1S/C16H17ClN2O2/c1-3-4-15(20)19-6-5-10-7-11-8-14(21-2)12(17)9-13(11)18-16(10)19/h7-9H,3-6H2,1-2H3. The Bertz CT molecular complexity index is 715. The Balaban J connectivity index is 2.08. The first-order valence-electron chi connectivity index (χ1n) is 7.11. The quantitative estimate of drug-likeness (QED) is 0.870. The highest BCUT2D eigenvalue weighted by atomic mass is 35.5.